The Hall–Kier alpha value is -2.36. The monoisotopic (exact) mass is 343 g/mol. The third kappa shape index (κ3) is 2.56. The van der Waals surface area contributed by atoms with E-state index in [1.807, 2.05) is 24.3 Å². The van der Waals surface area contributed by atoms with Gasteiger partial charge in [0.15, 0.2) is 5.16 Å². The number of nitrogens with one attached hydrogen (secondary N) is 1. The number of carboxylic acid groups (broad SMARTS) is 1. The van der Waals surface area contributed by atoms with Gasteiger partial charge in [0.1, 0.15) is 0 Å². The lowest BCUT2D eigenvalue weighted by molar-refractivity contribution is -0.140. The van der Waals surface area contributed by atoms with Crippen LogP contribution in [0.15, 0.2) is 60.8 Å². The molecule has 0 aliphatic heterocycles. The topological polar surface area (TPSA) is 90.4 Å². The standard InChI is InChI=1S/C18H18NO4P/c1-24(22,23)18(17(20)21,14-7-3-2-4-8-14)11-13-12-19-16-10-6-5-9-15(13)16/h2-10,12,19H,11H2,1H3,(H,20,21)(H,22,23). The minimum atomic E-state index is -4.02. The van der Waals surface area contributed by atoms with Gasteiger partial charge in [-0.1, -0.05) is 48.5 Å². The number of hydrogen-bond acceptors (Lipinski definition) is 2. The number of hydrogen-bond donors (Lipinski definition) is 3. The summed E-state index contributed by atoms with van der Waals surface area (Å²) in [4.78, 5) is 25.7. The van der Waals surface area contributed by atoms with E-state index in [-0.39, 0.29) is 6.42 Å². The highest BCUT2D eigenvalue weighted by Gasteiger charge is 2.53. The Morgan fingerprint density at radius 3 is 2.38 bits per heavy atom. The Morgan fingerprint density at radius 1 is 1.12 bits per heavy atom. The normalized spacial score (nSPS) is 16.4. The molecule has 0 aliphatic rings. The molecule has 6 heteroatoms. The van der Waals surface area contributed by atoms with Crippen molar-refractivity contribution in [3.8, 4) is 0 Å². The molecular formula is C18H18NO4P. The summed E-state index contributed by atoms with van der Waals surface area (Å²) in [6.45, 7) is 1.11. The summed E-state index contributed by atoms with van der Waals surface area (Å²) in [5.41, 5.74) is 1.90. The molecule has 0 saturated carbocycles. The molecule has 0 radical (unpaired) electrons. The highest BCUT2D eigenvalue weighted by Crippen LogP contribution is 2.59. The molecule has 1 aromatic heterocycles. The van der Waals surface area contributed by atoms with Gasteiger partial charge < -0.3 is 15.0 Å². The molecule has 124 valence electrons. The van der Waals surface area contributed by atoms with Crippen LogP contribution in [0.2, 0.25) is 0 Å². The smallest absolute Gasteiger partial charge is 0.324 e. The van der Waals surface area contributed by atoms with E-state index in [4.69, 9.17) is 0 Å². The van der Waals surface area contributed by atoms with Gasteiger partial charge in [0, 0.05) is 30.2 Å². The van der Waals surface area contributed by atoms with E-state index in [1.54, 1.807) is 36.5 Å². The van der Waals surface area contributed by atoms with Crippen LogP contribution in [-0.4, -0.2) is 27.6 Å². The van der Waals surface area contributed by atoms with Crippen LogP contribution < -0.4 is 0 Å². The van der Waals surface area contributed by atoms with Crippen molar-refractivity contribution in [2.75, 3.05) is 6.66 Å². The minimum Gasteiger partial charge on any atom is -0.480 e. The van der Waals surface area contributed by atoms with E-state index in [0.717, 1.165) is 17.6 Å². The van der Waals surface area contributed by atoms with Gasteiger partial charge in [-0.3, -0.25) is 9.36 Å². The zero-order chi connectivity index (χ0) is 17.4. The third-order valence-electron chi connectivity index (χ3n) is 4.43. The van der Waals surface area contributed by atoms with E-state index < -0.39 is 18.5 Å². The summed E-state index contributed by atoms with van der Waals surface area (Å²) in [5, 5.41) is 8.91. The van der Waals surface area contributed by atoms with E-state index >= 15 is 0 Å². The van der Waals surface area contributed by atoms with Gasteiger partial charge in [-0.05, 0) is 17.2 Å². The lowest BCUT2D eigenvalue weighted by atomic mass is 9.90. The highest BCUT2D eigenvalue weighted by atomic mass is 31.2. The SMILES string of the molecule is CP(=O)(O)C(Cc1c[nH]c2ccccc12)(C(=O)O)c1ccccc1. The van der Waals surface area contributed by atoms with Crippen molar-refractivity contribution < 1.29 is 19.4 Å². The molecule has 24 heavy (non-hydrogen) atoms. The molecule has 0 amide bonds. The molecular weight excluding hydrogens is 325 g/mol. The van der Waals surface area contributed by atoms with Crippen molar-refractivity contribution in [1.82, 2.24) is 4.98 Å². The molecule has 1 heterocycles. The van der Waals surface area contributed by atoms with Crippen LogP contribution >= 0.6 is 7.37 Å². The number of rotatable bonds is 5. The average Bonchev–Trinajstić information content (AvgIpc) is 2.95. The largest absolute Gasteiger partial charge is 0.480 e. The van der Waals surface area contributed by atoms with E-state index in [2.05, 4.69) is 4.98 Å². The summed E-state index contributed by atoms with van der Waals surface area (Å²) < 4.78 is 12.7. The van der Waals surface area contributed by atoms with Gasteiger partial charge in [0.05, 0.1) is 0 Å². The second-order valence-electron chi connectivity index (χ2n) is 5.95. The number of fused-ring (bicyclic) bond motifs is 1. The predicted octanol–water partition coefficient (Wildman–Crippen LogP) is 3.59. The third-order valence-corrected chi connectivity index (χ3v) is 6.46. The first-order valence-corrected chi connectivity index (χ1v) is 9.61. The first kappa shape index (κ1) is 16.5. The Morgan fingerprint density at radius 2 is 1.75 bits per heavy atom. The summed E-state index contributed by atoms with van der Waals surface area (Å²) in [6.07, 6.45) is 1.64. The van der Waals surface area contributed by atoms with Gasteiger partial charge >= 0.3 is 5.97 Å². The van der Waals surface area contributed by atoms with Crippen molar-refractivity contribution in [1.29, 1.82) is 0 Å². The van der Waals surface area contributed by atoms with E-state index in [1.165, 1.54) is 0 Å². The molecule has 0 saturated heterocycles. The molecule has 3 N–H and O–H groups in total. The molecule has 0 bridgehead atoms. The van der Waals surface area contributed by atoms with Crippen molar-refractivity contribution in [2.45, 2.75) is 11.6 Å². The van der Waals surface area contributed by atoms with Crippen LogP contribution in [0.5, 0.6) is 0 Å². The summed E-state index contributed by atoms with van der Waals surface area (Å²) in [5.74, 6) is -1.30. The fourth-order valence-electron chi connectivity index (χ4n) is 3.13. The van der Waals surface area contributed by atoms with Gasteiger partial charge in [-0.25, -0.2) is 0 Å². The minimum absolute atomic E-state index is 0.0688. The van der Waals surface area contributed by atoms with Crippen LogP contribution in [0, 0.1) is 0 Å². The molecule has 0 aliphatic carbocycles. The van der Waals surface area contributed by atoms with Crippen molar-refractivity contribution in [2.24, 2.45) is 0 Å². The first-order valence-electron chi connectivity index (χ1n) is 7.50. The molecule has 2 unspecified atom stereocenters. The Labute approximate surface area is 139 Å². The van der Waals surface area contributed by atoms with Crippen molar-refractivity contribution in [3.63, 3.8) is 0 Å². The molecule has 0 spiro atoms. The van der Waals surface area contributed by atoms with Crippen LogP contribution in [0.3, 0.4) is 0 Å². The number of benzene rings is 2. The fraction of sp³-hybridized carbons (Fsp3) is 0.167. The van der Waals surface area contributed by atoms with Crippen molar-refractivity contribution in [3.05, 3.63) is 71.9 Å². The van der Waals surface area contributed by atoms with Gasteiger partial charge in [0.25, 0.3) is 0 Å². The van der Waals surface area contributed by atoms with Crippen LogP contribution in [0.25, 0.3) is 10.9 Å². The zero-order valence-corrected chi connectivity index (χ0v) is 14.0. The van der Waals surface area contributed by atoms with E-state index in [0.29, 0.717) is 11.1 Å². The van der Waals surface area contributed by atoms with Crippen LogP contribution in [0.4, 0.5) is 0 Å². The maximum Gasteiger partial charge on any atom is 0.324 e. The fourth-order valence-corrected chi connectivity index (χ4v) is 4.58. The molecule has 3 aromatic rings. The number of aromatic amines is 1. The quantitative estimate of drug-likeness (QED) is 0.618. The Bertz CT molecular complexity index is 928. The number of aromatic nitrogens is 1. The zero-order valence-electron chi connectivity index (χ0n) is 13.1. The summed E-state index contributed by atoms with van der Waals surface area (Å²) >= 11 is 0. The van der Waals surface area contributed by atoms with E-state index in [9.17, 15) is 19.4 Å². The molecule has 5 nitrogen and oxygen atoms in total. The maximum atomic E-state index is 12.7. The molecule has 3 rings (SSSR count). The number of carboxylic acids is 1. The Balaban J connectivity index is 2.22. The highest BCUT2D eigenvalue weighted by molar-refractivity contribution is 7.59. The van der Waals surface area contributed by atoms with Crippen LogP contribution in [0.1, 0.15) is 11.1 Å². The summed E-state index contributed by atoms with van der Waals surface area (Å²) in [6, 6.07) is 15.8. The Kier molecular flexibility index (Phi) is 4.08. The number of H-pyrrole nitrogens is 1. The lowest BCUT2D eigenvalue weighted by Gasteiger charge is -2.32. The predicted molar refractivity (Wildman–Crippen MR) is 93.5 cm³/mol. The number of carbonyl (C=O) groups is 1. The summed E-state index contributed by atoms with van der Waals surface area (Å²) in [7, 11) is -4.02. The second kappa shape index (κ2) is 5.93. The van der Waals surface area contributed by atoms with Crippen LogP contribution in [-0.2, 0) is 20.9 Å². The molecule has 0 fully saturated rings. The average molecular weight is 343 g/mol. The van der Waals surface area contributed by atoms with Gasteiger partial charge in [-0.15, -0.1) is 0 Å². The van der Waals surface area contributed by atoms with Gasteiger partial charge in [-0.2, -0.15) is 0 Å². The number of para-hydroxylation sites is 1. The second-order valence-corrected chi connectivity index (χ2v) is 8.47. The number of aliphatic carboxylic acids is 1. The van der Waals surface area contributed by atoms with Crippen molar-refractivity contribution >= 4 is 24.2 Å². The maximum absolute atomic E-state index is 12.7. The first-order chi connectivity index (χ1) is 11.4. The van der Waals surface area contributed by atoms with Gasteiger partial charge in [0.2, 0.25) is 7.37 Å². The molecule has 2 aromatic carbocycles. The molecule has 2 atom stereocenters. The lowest BCUT2D eigenvalue weighted by Crippen LogP contribution is -2.37.